The van der Waals surface area contributed by atoms with Crippen LogP contribution in [0.15, 0.2) is 30.5 Å². The Labute approximate surface area is 127 Å². The number of nitrogens with two attached hydrogens (primary N) is 1. The van der Waals surface area contributed by atoms with E-state index in [0.29, 0.717) is 0 Å². The smallest absolute Gasteiger partial charge is 0.0951 e. The molecule has 1 fully saturated rings. The van der Waals surface area contributed by atoms with Crippen molar-refractivity contribution < 1.29 is 0 Å². The molecular weight excluding hydrogens is 258 g/mol. The number of hydrogen-bond acceptors (Lipinski definition) is 3. The second-order valence-electron chi connectivity index (χ2n) is 6.50. The molecule has 2 aromatic rings. The SMILES string of the molecule is CC(C)C1CCCN(c2ccc(N)c3ncccc23)CC1. The van der Waals surface area contributed by atoms with E-state index in [0.717, 1.165) is 36.1 Å². The Hall–Kier alpha value is -1.77. The van der Waals surface area contributed by atoms with E-state index >= 15 is 0 Å². The number of benzene rings is 1. The zero-order chi connectivity index (χ0) is 14.8. The summed E-state index contributed by atoms with van der Waals surface area (Å²) in [5.41, 5.74) is 9.05. The third kappa shape index (κ3) is 2.82. The van der Waals surface area contributed by atoms with Gasteiger partial charge >= 0.3 is 0 Å². The summed E-state index contributed by atoms with van der Waals surface area (Å²) in [6.07, 6.45) is 5.72. The van der Waals surface area contributed by atoms with E-state index in [2.05, 4.69) is 35.9 Å². The summed E-state index contributed by atoms with van der Waals surface area (Å²) in [5, 5.41) is 1.18. The second kappa shape index (κ2) is 5.92. The van der Waals surface area contributed by atoms with E-state index < -0.39 is 0 Å². The molecule has 1 aromatic heterocycles. The molecule has 0 amide bonds. The van der Waals surface area contributed by atoms with E-state index in [-0.39, 0.29) is 0 Å². The molecule has 112 valence electrons. The Morgan fingerprint density at radius 2 is 2.05 bits per heavy atom. The minimum absolute atomic E-state index is 0.768. The van der Waals surface area contributed by atoms with E-state index in [1.165, 1.54) is 30.3 Å². The molecule has 0 aliphatic carbocycles. The predicted octanol–water partition coefficient (Wildman–Crippen LogP) is 4.08. The molecule has 1 aromatic carbocycles. The molecule has 0 saturated carbocycles. The van der Waals surface area contributed by atoms with E-state index in [4.69, 9.17) is 5.73 Å². The molecule has 0 bridgehead atoms. The van der Waals surface area contributed by atoms with Crippen molar-refractivity contribution in [1.82, 2.24) is 4.98 Å². The molecule has 3 heteroatoms. The Balaban J connectivity index is 1.92. The zero-order valence-electron chi connectivity index (χ0n) is 13.0. The fraction of sp³-hybridized carbons (Fsp3) is 0.500. The highest BCUT2D eigenvalue weighted by molar-refractivity contribution is 5.98. The van der Waals surface area contributed by atoms with Crippen LogP contribution in [0.4, 0.5) is 11.4 Å². The van der Waals surface area contributed by atoms with Gasteiger partial charge in [0.2, 0.25) is 0 Å². The Kier molecular flexibility index (Phi) is 4.00. The summed E-state index contributed by atoms with van der Waals surface area (Å²) >= 11 is 0. The number of pyridine rings is 1. The quantitative estimate of drug-likeness (QED) is 0.844. The second-order valence-corrected chi connectivity index (χ2v) is 6.50. The first-order valence-electron chi connectivity index (χ1n) is 8.05. The summed E-state index contributed by atoms with van der Waals surface area (Å²) in [4.78, 5) is 6.97. The van der Waals surface area contributed by atoms with Crippen LogP contribution in [-0.2, 0) is 0 Å². The van der Waals surface area contributed by atoms with Crippen molar-refractivity contribution in [1.29, 1.82) is 0 Å². The van der Waals surface area contributed by atoms with Gasteiger partial charge in [-0.1, -0.05) is 13.8 Å². The van der Waals surface area contributed by atoms with Crippen LogP contribution < -0.4 is 10.6 Å². The molecule has 1 unspecified atom stereocenters. The lowest BCUT2D eigenvalue weighted by Crippen LogP contribution is -2.24. The van der Waals surface area contributed by atoms with Crippen molar-refractivity contribution in [2.75, 3.05) is 23.7 Å². The predicted molar refractivity (Wildman–Crippen MR) is 90.5 cm³/mol. The van der Waals surface area contributed by atoms with Gasteiger partial charge in [0.05, 0.1) is 11.2 Å². The van der Waals surface area contributed by atoms with Crippen LogP contribution in [0, 0.1) is 11.8 Å². The first kappa shape index (κ1) is 14.2. The zero-order valence-corrected chi connectivity index (χ0v) is 13.0. The Morgan fingerprint density at radius 3 is 2.86 bits per heavy atom. The average Bonchev–Trinajstić information content (AvgIpc) is 2.74. The van der Waals surface area contributed by atoms with Crippen LogP contribution in [0.3, 0.4) is 0 Å². The minimum atomic E-state index is 0.768. The van der Waals surface area contributed by atoms with Gasteiger partial charge in [0.1, 0.15) is 0 Å². The average molecular weight is 283 g/mol. The van der Waals surface area contributed by atoms with Gasteiger partial charge in [-0.3, -0.25) is 4.98 Å². The fourth-order valence-corrected chi connectivity index (χ4v) is 3.48. The van der Waals surface area contributed by atoms with E-state index in [1.807, 2.05) is 18.3 Å². The van der Waals surface area contributed by atoms with Gasteiger partial charge in [-0.15, -0.1) is 0 Å². The van der Waals surface area contributed by atoms with Crippen molar-refractivity contribution in [2.24, 2.45) is 11.8 Å². The number of hydrogen-bond donors (Lipinski definition) is 1. The topological polar surface area (TPSA) is 42.1 Å². The maximum Gasteiger partial charge on any atom is 0.0951 e. The van der Waals surface area contributed by atoms with Gasteiger partial charge in [-0.05, 0) is 55.4 Å². The molecule has 1 atom stereocenters. The fourth-order valence-electron chi connectivity index (χ4n) is 3.48. The number of anilines is 2. The van der Waals surface area contributed by atoms with Gasteiger partial charge in [0.25, 0.3) is 0 Å². The monoisotopic (exact) mass is 283 g/mol. The lowest BCUT2D eigenvalue weighted by atomic mass is 9.89. The lowest BCUT2D eigenvalue weighted by Gasteiger charge is -2.25. The Morgan fingerprint density at radius 1 is 1.19 bits per heavy atom. The summed E-state index contributed by atoms with van der Waals surface area (Å²) in [6, 6.07) is 8.30. The van der Waals surface area contributed by atoms with E-state index in [1.54, 1.807) is 0 Å². The lowest BCUT2D eigenvalue weighted by molar-refractivity contribution is 0.351. The molecular formula is C18H25N3. The summed E-state index contributed by atoms with van der Waals surface area (Å²) < 4.78 is 0. The van der Waals surface area contributed by atoms with Crippen molar-refractivity contribution in [3.05, 3.63) is 30.5 Å². The molecule has 3 rings (SSSR count). The summed E-state index contributed by atoms with van der Waals surface area (Å²) in [5.74, 6) is 1.64. The van der Waals surface area contributed by atoms with Crippen LogP contribution in [0.5, 0.6) is 0 Å². The number of fused-ring (bicyclic) bond motifs is 1. The minimum Gasteiger partial charge on any atom is -0.397 e. The van der Waals surface area contributed by atoms with E-state index in [9.17, 15) is 0 Å². The van der Waals surface area contributed by atoms with Crippen molar-refractivity contribution in [3.63, 3.8) is 0 Å². The van der Waals surface area contributed by atoms with Gasteiger partial charge < -0.3 is 10.6 Å². The first-order valence-corrected chi connectivity index (χ1v) is 8.05. The van der Waals surface area contributed by atoms with Crippen LogP contribution >= 0.6 is 0 Å². The maximum absolute atomic E-state index is 6.07. The molecule has 2 heterocycles. The molecule has 0 spiro atoms. The molecule has 3 nitrogen and oxygen atoms in total. The van der Waals surface area contributed by atoms with Gasteiger partial charge in [0.15, 0.2) is 0 Å². The van der Waals surface area contributed by atoms with Crippen LogP contribution in [0.2, 0.25) is 0 Å². The molecule has 1 saturated heterocycles. The van der Waals surface area contributed by atoms with Gasteiger partial charge in [-0.25, -0.2) is 0 Å². The first-order chi connectivity index (χ1) is 10.2. The largest absolute Gasteiger partial charge is 0.397 e. The number of nitrogen functional groups attached to an aromatic ring is 1. The summed E-state index contributed by atoms with van der Waals surface area (Å²) in [7, 11) is 0. The number of rotatable bonds is 2. The van der Waals surface area contributed by atoms with Crippen LogP contribution in [0.1, 0.15) is 33.1 Å². The molecule has 1 aliphatic heterocycles. The van der Waals surface area contributed by atoms with Crippen molar-refractivity contribution in [2.45, 2.75) is 33.1 Å². The highest BCUT2D eigenvalue weighted by Crippen LogP contribution is 2.32. The maximum atomic E-state index is 6.07. The Bertz CT molecular complexity index is 621. The summed E-state index contributed by atoms with van der Waals surface area (Å²) in [6.45, 7) is 6.97. The molecule has 0 radical (unpaired) electrons. The van der Waals surface area contributed by atoms with Crippen molar-refractivity contribution in [3.8, 4) is 0 Å². The third-order valence-corrected chi connectivity index (χ3v) is 4.83. The highest BCUT2D eigenvalue weighted by atomic mass is 15.1. The number of aromatic nitrogens is 1. The van der Waals surface area contributed by atoms with Crippen LogP contribution in [0.25, 0.3) is 10.9 Å². The van der Waals surface area contributed by atoms with Gasteiger partial charge in [0, 0.05) is 30.4 Å². The number of nitrogens with zero attached hydrogens (tertiary/aromatic N) is 2. The highest BCUT2D eigenvalue weighted by Gasteiger charge is 2.20. The normalized spacial score (nSPS) is 20.0. The molecule has 21 heavy (non-hydrogen) atoms. The van der Waals surface area contributed by atoms with Crippen LogP contribution in [-0.4, -0.2) is 18.1 Å². The molecule has 2 N–H and O–H groups in total. The van der Waals surface area contributed by atoms with Crippen molar-refractivity contribution >= 4 is 22.3 Å². The third-order valence-electron chi connectivity index (χ3n) is 4.83. The van der Waals surface area contributed by atoms with Gasteiger partial charge in [-0.2, -0.15) is 0 Å². The standard InChI is InChI=1S/C18H25N3/c1-13(2)14-5-4-11-21(12-9-14)17-8-7-16(19)18-15(17)6-3-10-20-18/h3,6-8,10,13-14H,4-5,9,11-12,19H2,1-2H3. The molecule has 1 aliphatic rings.